The summed E-state index contributed by atoms with van der Waals surface area (Å²) >= 11 is 0. The molecule has 2 aromatic carbocycles. The highest BCUT2D eigenvalue weighted by molar-refractivity contribution is 5.27. The lowest BCUT2D eigenvalue weighted by atomic mass is 10.0. The van der Waals surface area contributed by atoms with Crippen molar-refractivity contribution in [1.82, 2.24) is 4.90 Å². The highest BCUT2D eigenvalue weighted by atomic mass is 19.1. The Labute approximate surface area is 138 Å². The number of nitrogens with zero attached hydrogens (tertiary/aromatic N) is 1. The fraction of sp³-hybridized carbons (Fsp3) is 0.333. The van der Waals surface area contributed by atoms with Crippen LogP contribution in [0, 0.1) is 11.6 Å². The lowest BCUT2D eigenvalue weighted by molar-refractivity contribution is -0.0657. The maximum absolute atomic E-state index is 14.3. The molecule has 6 heteroatoms. The van der Waals surface area contributed by atoms with Gasteiger partial charge in [-0.15, -0.1) is 0 Å². The summed E-state index contributed by atoms with van der Waals surface area (Å²) in [5, 5.41) is 9.91. The minimum Gasteiger partial charge on any atom is -0.394 e. The van der Waals surface area contributed by atoms with Gasteiger partial charge in [0.15, 0.2) is 0 Å². The highest BCUT2D eigenvalue weighted by Gasteiger charge is 2.57. The second-order valence-electron chi connectivity index (χ2n) is 6.16. The van der Waals surface area contributed by atoms with E-state index in [1.54, 1.807) is 41.3 Å². The fourth-order valence-electron chi connectivity index (χ4n) is 3.44. The molecule has 2 fully saturated rings. The number of benzene rings is 2. The first-order valence-electron chi connectivity index (χ1n) is 7.78. The summed E-state index contributed by atoms with van der Waals surface area (Å²) in [4.78, 5) is 1.74. The number of halogens is 2. The van der Waals surface area contributed by atoms with Gasteiger partial charge in [-0.1, -0.05) is 36.4 Å². The van der Waals surface area contributed by atoms with E-state index in [9.17, 15) is 13.9 Å². The van der Waals surface area contributed by atoms with Gasteiger partial charge in [-0.25, -0.2) is 13.7 Å². The van der Waals surface area contributed by atoms with Gasteiger partial charge in [0.05, 0.1) is 25.4 Å². The third-order valence-electron chi connectivity index (χ3n) is 4.71. The molecule has 0 saturated carbocycles. The molecule has 4 rings (SSSR count). The fourth-order valence-corrected chi connectivity index (χ4v) is 3.44. The average Bonchev–Trinajstić information content (AvgIpc) is 3.14. The number of hydrogen-bond acceptors (Lipinski definition) is 4. The molecule has 0 spiro atoms. The molecular weight excluding hydrogens is 316 g/mol. The molecule has 0 amide bonds. The Morgan fingerprint density at radius 2 is 1.38 bits per heavy atom. The van der Waals surface area contributed by atoms with E-state index in [1.807, 2.05) is 0 Å². The number of aliphatic hydroxyl groups is 1. The highest BCUT2D eigenvalue weighted by Crippen LogP contribution is 2.49. The minimum atomic E-state index is -0.806. The maximum atomic E-state index is 14.3. The van der Waals surface area contributed by atoms with Crippen molar-refractivity contribution in [2.45, 2.75) is 18.0 Å². The summed E-state index contributed by atoms with van der Waals surface area (Å²) in [5.41, 5.74) is -0.112. The van der Waals surface area contributed by atoms with Gasteiger partial charge in [-0.05, 0) is 12.1 Å². The molecule has 24 heavy (non-hydrogen) atoms. The Balaban J connectivity index is 1.79. The van der Waals surface area contributed by atoms with Crippen LogP contribution in [0.4, 0.5) is 8.78 Å². The molecule has 3 atom stereocenters. The molecule has 2 aliphatic heterocycles. The second-order valence-corrected chi connectivity index (χ2v) is 6.16. The molecule has 0 aromatic heterocycles. The van der Waals surface area contributed by atoms with Crippen molar-refractivity contribution < 1.29 is 23.4 Å². The molecule has 2 saturated heterocycles. The van der Waals surface area contributed by atoms with E-state index >= 15 is 0 Å². The van der Waals surface area contributed by atoms with E-state index in [0.29, 0.717) is 11.1 Å². The first-order valence-corrected chi connectivity index (χ1v) is 7.78. The zero-order chi connectivity index (χ0) is 16.7. The zero-order valence-electron chi connectivity index (χ0n) is 12.9. The van der Waals surface area contributed by atoms with E-state index < -0.39 is 29.6 Å². The molecule has 2 heterocycles. The largest absolute Gasteiger partial charge is 0.394 e. The van der Waals surface area contributed by atoms with Gasteiger partial charge in [0.25, 0.3) is 0 Å². The third-order valence-corrected chi connectivity index (χ3v) is 4.71. The molecule has 2 aliphatic rings. The summed E-state index contributed by atoms with van der Waals surface area (Å²) in [6, 6.07) is 12.6. The van der Waals surface area contributed by atoms with Gasteiger partial charge in [-0.3, -0.25) is 0 Å². The van der Waals surface area contributed by atoms with Crippen molar-refractivity contribution in [1.29, 1.82) is 0 Å². The van der Waals surface area contributed by atoms with Crippen molar-refractivity contribution in [2.75, 3.05) is 19.8 Å². The van der Waals surface area contributed by atoms with Crippen LogP contribution in [-0.2, 0) is 9.47 Å². The summed E-state index contributed by atoms with van der Waals surface area (Å²) < 4.78 is 40.1. The van der Waals surface area contributed by atoms with Gasteiger partial charge in [0.2, 0.25) is 0 Å². The lowest BCUT2D eigenvalue weighted by Crippen LogP contribution is -2.47. The number of aliphatic hydroxyl groups excluding tert-OH is 1. The Bertz CT molecular complexity index is 697. The average molecular weight is 333 g/mol. The Kier molecular flexibility index (Phi) is 3.85. The first-order chi connectivity index (χ1) is 11.7. The molecule has 4 nitrogen and oxygen atoms in total. The molecule has 2 aromatic rings. The molecular formula is C18H17F2NO3. The first kappa shape index (κ1) is 15.7. The van der Waals surface area contributed by atoms with Crippen LogP contribution in [0.5, 0.6) is 0 Å². The van der Waals surface area contributed by atoms with Gasteiger partial charge >= 0.3 is 0 Å². The molecule has 0 bridgehead atoms. The van der Waals surface area contributed by atoms with Crippen molar-refractivity contribution in [3.05, 3.63) is 71.3 Å². The number of rotatable bonds is 3. The normalized spacial score (nSPS) is 29.8. The van der Waals surface area contributed by atoms with Crippen LogP contribution < -0.4 is 0 Å². The van der Waals surface area contributed by atoms with E-state index in [2.05, 4.69) is 0 Å². The van der Waals surface area contributed by atoms with Crippen LogP contribution in [0.1, 0.15) is 23.6 Å². The lowest BCUT2D eigenvalue weighted by Gasteiger charge is -2.33. The Morgan fingerprint density at radius 3 is 1.79 bits per heavy atom. The van der Waals surface area contributed by atoms with Crippen molar-refractivity contribution in [2.24, 2.45) is 0 Å². The summed E-state index contributed by atoms with van der Waals surface area (Å²) in [7, 11) is 0. The zero-order valence-corrected chi connectivity index (χ0v) is 12.9. The quantitative estimate of drug-likeness (QED) is 0.938. The van der Waals surface area contributed by atoms with Crippen LogP contribution in [-0.4, -0.2) is 35.4 Å². The monoisotopic (exact) mass is 333 g/mol. The number of hydrogen-bond donors (Lipinski definition) is 1. The predicted molar refractivity (Wildman–Crippen MR) is 81.8 cm³/mol. The van der Waals surface area contributed by atoms with Crippen LogP contribution in [0.3, 0.4) is 0 Å². The standard InChI is InChI=1S/C18H17F2NO3/c19-14-7-3-1-5-12(14)16-21-17(13-6-2-4-8-15(13)20)24-11-18(21,9-22)10-23-16/h1-8,16-17,22H,9-11H2/t16-,17+,18?. The van der Waals surface area contributed by atoms with Crippen molar-refractivity contribution in [3.8, 4) is 0 Å². The minimum absolute atomic E-state index is 0.188. The van der Waals surface area contributed by atoms with Crippen molar-refractivity contribution in [3.63, 3.8) is 0 Å². The maximum Gasteiger partial charge on any atom is 0.142 e. The van der Waals surface area contributed by atoms with Crippen LogP contribution >= 0.6 is 0 Å². The predicted octanol–water partition coefficient (Wildman–Crippen LogP) is 2.76. The van der Waals surface area contributed by atoms with Crippen molar-refractivity contribution >= 4 is 0 Å². The smallest absolute Gasteiger partial charge is 0.142 e. The van der Waals surface area contributed by atoms with Crippen LogP contribution in [0.2, 0.25) is 0 Å². The summed E-state index contributed by atoms with van der Waals surface area (Å²) in [6.45, 7) is 0.157. The van der Waals surface area contributed by atoms with Crippen LogP contribution in [0.25, 0.3) is 0 Å². The van der Waals surface area contributed by atoms with E-state index in [4.69, 9.17) is 9.47 Å². The molecule has 0 radical (unpaired) electrons. The molecule has 0 aliphatic carbocycles. The van der Waals surface area contributed by atoms with Gasteiger partial charge in [0, 0.05) is 11.1 Å². The molecule has 1 N–H and O–H groups in total. The van der Waals surface area contributed by atoms with Gasteiger partial charge < -0.3 is 14.6 Å². The topological polar surface area (TPSA) is 41.9 Å². The number of fused-ring (bicyclic) bond motifs is 1. The summed E-state index contributed by atoms with van der Waals surface area (Å²) in [5.74, 6) is -0.814. The van der Waals surface area contributed by atoms with E-state index in [0.717, 1.165) is 0 Å². The van der Waals surface area contributed by atoms with Gasteiger partial charge in [-0.2, -0.15) is 0 Å². The van der Waals surface area contributed by atoms with Gasteiger partial charge in [0.1, 0.15) is 24.1 Å². The Morgan fingerprint density at radius 1 is 0.917 bits per heavy atom. The second kappa shape index (κ2) is 5.89. The SMILES string of the molecule is OCC12CO[C@H](c3ccccc3F)N1[C@H](c1ccccc1F)OC2. The Hall–Kier alpha value is -1.86. The van der Waals surface area contributed by atoms with E-state index in [-0.39, 0.29) is 19.8 Å². The summed E-state index contributed by atoms with van der Waals surface area (Å²) in [6.07, 6.45) is -1.49. The van der Waals surface area contributed by atoms with E-state index in [1.165, 1.54) is 12.1 Å². The van der Waals surface area contributed by atoms with Crippen LogP contribution in [0.15, 0.2) is 48.5 Å². The number of ether oxygens (including phenoxy) is 2. The molecule has 1 unspecified atom stereocenters. The third kappa shape index (κ3) is 2.26. The molecule has 126 valence electrons.